The highest BCUT2D eigenvalue weighted by Gasteiger charge is 2.12. The van der Waals surface area contributed by atoms with Crippen LogP contribution in [0, 0.1) is 0 Å². The zero-order valence-electron chi connectivity index (χ0n) is 17.1. The van der Waals surface area contributed by atoms with E-state index in [4.69, 9.17) is 0 Å². The van der Waals surface area contributed by atoms with Gasteiger partial charge in [-0.1, -0.05) is 99.0 Å². The Kier molecular flexibility index (Phi) is 4.81. The third-order valence-electron chi connectivity index (χ3n) is 6.11. The third-order valence-corrected chi connectivity index (χ3v) is 6.11. The molecular weight excluding hydrogens is 350 g/mol. The molecule has 1 aromatic heterocycles. The van der Waals surface area contributed by atoms with Crippen LogP contribution in [0.15, 0.2) is 84.9 Å². The molecule has 1 heteroatoms. The van der Waals surface area contributed by atoms with Crippen molar-refractivity contribution in [3.63, 3.8) is 0 Å². The van der Waals surface area contributed by atoms with Crippen LogP contribution < -0.4 is 0 Å². The monoisotopic (exact) mass is 377 g/mol. The molecule has 0 unspecified atom stereocenters. The van der Waals surface area contributed by atoms with E-state index in [1.165, 1.54) is 69.4 Å². The lowest BCUT2D eigenvalue weighted by Gasteiger charge is -2.10. The molecule has 144 valence electrons. The van der Waals surface area contributed by atoms with Crippen LogP contribution >= 0.6 is 0 Å². The van der Waals surface area contributed by atoms with E-state index in [1.807, 2.05) is 0 Å². The van der Waals surface area contributed by atoms with Crippen molar-refractivity contribution in [3.05, 3.63) is 84.9 Å². The normalized spacial score (nSPS) is 11.6. The highest BCUT2D eigenvalue weighted by molar-refractivity contribution is 6.09. The molecule has 0 N–H and O–H groups in total. The maximum Gasteiger partial charge on any atom is 0.0497 e. The van der Waals surface area contributed by atoms with Crippen LogP contribution in [-0.4, -0.2) is 4.57 Å². The molecule has 0 aliphatic carbocycles. The summed E-state index contributed by atoms with van der Waals surface area (Å²) in [5.41, 5.74) is 5.32. The maximum absolute atomic E-state index is 2.54. The summed E-state index contributed by atoms with van der Waals surface area (Å²) in [6.45, 7) is 3.36. The van der Waals surface area contributed by atoms with Crippen LogP contribution in [-0.2, 0) is 6.54 Å². The molecule has 0 saturated heterocycles. The zero-order valence-corrected chi connectivity index (χ0v) is 17.1. The van der Waals surface area contributed by atoms with Crippen LogP contribution in [0.4, 0.5) is 0 Å². The van der Waals surface area contributed by atoms with Crippen molar-refractivity contribution in [2.24, 2.45) is 0 Å². The Labute approximate surface area is 172 Å². The summed E-state index contributed by atoms with van der Waals surface area (Å²) in [5.74, 6) is 0. The van der Waals surface area contributed by atoms with Gasteiger partial charge in [-0.3, -0.25) is 0 Å². The van der Waals surface area contributed by atoms with Gasteiger partial charge in [-0.2, -0.15) is 0 Å². The number of para-hydroxylation sites is 1. The van der Waals surface area contributed by atoms with E-state index in [0.29, 0.717) is 0 Å². The number of benzene rings is 4. The molecule has 29 heavy (non-hydrogen) atoms. The topological polar surface area (TPSA) is 4.93 Å². The van der Waals surface area contributed by atoms with Gasteiger partial charge in [0.05, 0.1) is 0 Å². The lowest BCUT2D eigenvalue weighted by Crippen LogP contribution is -1.97. The Morgan fingerprint density at radius 3 is 2.28 bits per heavy atom. The molecule has 5 aromatic rings. The Hall–Kier alpha value is -3.06. The quantitative estimate of drug-likeness (QED) is 0.263. The number of rotatable bonds is 6. The second kappa shape index (κ2) is 7.75. The molecule has 0 amide bonds. The largest absolute Gasteiger partial charge is 0.340 e. The van der Waals surface area contributed by atoms with Crippen molar-refractivity contribution < 1.29 is 0 Å². The fourth-order valence-corrected chi connectivity index (χ4v) is 4.63. The number of fused-ring (bicyclic) bond motifs is 4. The fraction of sp³-hybridized carbons (Fsp3) is 0.214. The van der Waals surface area contributed by atoms with Gasteiger partial charge in [-0.15, -0.1) is 0 Å². The lowest BCUT2D eigenvalue weighted by molar-refractivity contribution is 0.602. The average molecular weight is 378 g/mol. The van der Waals surface area contributed by atoms with Crippen LogP contribution in [0.3, 0.4) is 0 Å². The van der Waals surface area contributed by atoms with Gasteiger partial charge in [0, 0.05) is 28.4 Å². The van der Waals surface area contributed by atoms with Crippen LogP contribution in [0.25, 0.3) is 43.7 Å². The molecule has 0 fully saturated rings. The number of aryl methyl sites for hydroxylation is 1. The van der Waals surface area contributed by atoms with Crippen LogP contribution in [0.5, 0.6) is 0 Å². The molecule has 5 rings (SSSR count). The molecule has 0 radical (unpaired) electrons. The van der Waals surface area contributed by atoms with E-state index < -0.39 is 0 Å². The number of aromatic nitrogens is 1. The Morgan fingerprint density at radius 1 is 0.621 bits per heavy atom. The first kappa shape index (κ1) is 18.0. The van der Waals surface area contributed by atoms with E-state index >= 15 is 0 Å². The van der Waals surface area contributed by atoms with Gasteiger partial charge < -0.3 is 4.57 Å². The standard InChI is InChI=1S/C28H27N/c1-2-3-4-9-19-29-27-16-8-7-14-25(27)26-18-17-22(20-28(26)29)24-15-10-12-21-11-5-6-13-23(21)24/h5-8,10-18,20H,2-4,9,19H2,1H3. The van der Waals surface area contributed by atoms with Gasteiger partial charge in [0.25, 0.3) is 0 Å². The van der Waals surface area contributed by atoms with Crippen molar-refractivity contribution in [1.82, 2.24) is 4.57 Å². The first-order valence-corrected chi connectivity index (χ1v) is 10.9. The molecule has 1 nitrogen and oxygen atoms in total. The summed E-state index contributed by atoms with van der Waals surface area (Å²) in [6.07, 6.45) is 5.13. The van der Waals surface area contributed by atoms with E-state index in [1.54, 1.807) is 0 Å². The molecule has 0 aliphatic rings. The first-order chi connectivity index (χ1) is 14.4. The van der Waals surface area contributed by atoms with Crippen molar-refractivity contribution in [1.29, 1.82) is 0 Å². The second-order valence-electron chi connectivity index (χ2n) is 7.99. The van der Waals surface area contributed by atoms with E-state index in [2.05, 4.69) is 96.4 Å². The summed E-state index contributed by atoms with van der Waals surface area (Å²) in [4.78, 5) is 0. The summed E-state index contributed by atoms with van der Waals surface area (Å²) < 4.78 is 2.54. The number of nitrogens with zero attached hydrogens (tertiary/aromatic N) is 1. The number of unbranched alkanes of at least 4 members (excludes halogenated alkanes) is 3. The van der Waals surface area contributed by atoms with Gasteiger partial charge in [0.15, 0.2) is 0 Å². The van der Waals surface area contributed by atoms with Gasteiger partial charge in [0.1, 0.15) is 0 Å². The van der Waals surface area contributed by atoms with Gasteiger partial charge in [0.2, 0.25) is 0 Å². The first-order valence-electron chi connectivity index (χ1n) is 10.9. The highest BCUT2D eigenvalue weighted by atomic mass is 15.0. The summed E-state index contributed by atoms with van der Waals surface area (Å²) in [6, 6.07) is 31.1. The molecule has 1 heterocycles. The minimum Gasteiger partial charge on any atom is -0.340 e. The maximum atomic E-state index is 2.54. The Bertz CT molecular complexity index is 1290. The predicted molar refractivity (Wildman–Crippen MR) is 127 cm³/mol. The molecule has 0 saturated carbocycles. The van der Waals surface area contributed by atoms with Crippen LogP contribution in [0.1, 0.15) is 32.6 Å². The summed E-state index contributed by atoms with van der Waals surface area (Å²) >= 11 is 0. The smallest absolute Gasteiger partial charge is 0.0497 e. The zero-order chi connectivity index (χ0) is 19.6. The molecular formula is C28H27N. The molecule has 0 atom stereocenters. The van der Waals surface area contributed by atoms with Gasteiger partial charge in [-0.25, -0.2) is 0 Å². The SMILES string of the molecule is CCCCCCn1c2ccccc2c2ccc(-c3cccc4ccccc34)cc21. The predicted octanol–water partition coefficient (Wildman–Crippen LogP) is 8.20. The van der Waals surface area contributed by atoms with Crippen LogP contribution in [0.2, 0.25) is 0 Å². The molecule has 0 bridgehead atoms. The van der Waals surface area contributed by atoms with Crippen molar-refractivity contribution >= 4 is 32.6 Å². The van der Waals surface area contributed by atoms with E-state index in [0.717, 1.165) is 6.54 Å². The Balaban J connectivity index is 1.68. The molecule has 0 spiro atoms. The number of hydrogen-bond donors (Lipinski definition) is 0. The van der Waals surface area contributed by atoms with Crippen molar-refractivity contribution in [3.8, 4) is 11.1 Å². The second-order valence-corrected chi connectivity index (χ2v) is 7.99. The third kappa shape index (κ3) is 3.21. The van der Waals surface area contributed by atoms with Crippen molar-refractivity contribution in [2.45, 2.75) is 39.2 Å². The van der Waals surface area contributed by atoms with Gasteiger partial charge >= 0.3 is 0 Å². The van der Waals surface area contributed by atoms with Gasteiger partial charge in [-0.05, 0) is 40.5 Å². The Morgan fingerprint density at radius 2 is 1.38 bits per heavy atom. The molecule has 0 aliphatic heterocycles. The minimum absolute atomic E-state index is 1.09. The minimum atomic E-state index is 1.09. The summed E-state index contributed by atoms with van der Waals surface area (Å²) in [5, 5.41) is 5.34. The average Bonchev–Trinajstić information content (AvgIpc) is 3.09. The van der Waals surface area contributed by atoms with Crippen molar-refractivity contribution in [2.75, 3.05) is 0 Å². The number of hydrogen-bond acceptors (Lipinski definition) is 0. The molecule has 4 aromatic carbocycles. The fourth-order valence-electron chi connectivity index (χ4n) is 4.63. The summed E-state index contributed by atoms with van der Waals surface area (Å²) in [7, 11) is 0. The highest BCUT2D eigenvalue weighted by Crippen LogP contribution is 2.35. The van der Waals surface area contributed by atoms with E-state index in [9.17, 15) is 0 Å². The van der Waals surface area contributed by atoms with E-state index in [-0.39, 0.29) is 0 Å². The lowest BCUT2D eigenvalue weighted by atomic mass is 9.97.